The lowest BCUT2D eigenvalue weighted by Gasteiger charge is -2.68. The molecule has 0 spiro atoms. The zero-order valence-corrected chi connectivity index (χ0v) is 33.3. The van der Waals surface area contributed by atoms with Gasteiger partial charge in [-0.05, 0) is 146 Å². The van der Waals surface area contributed by atoms with Crippen molar-refractivity contribution in [2.24, 2.45) is 51.2 Å². The van der Waals surface area contributed by atoms with E-state index >= 15 is 0 Å². The second-order valence-corrected chi connectivity index (χ2v) is 21.0. The Morgan fingerprint density at radius 1 is 0.923 bits per heavy atom. The molecule has 1 aromatic heterocycles. The normalized spacial score (nSPS) is 41.8. The molecule has 9 atom stereocenters. The Morgan fingerprint density at radius 2 is 1.71 bits per heavy atom. The number of nitrogens with one attached hydrogen (secondary N) is 1. The number of hydrogen-bond acceptors (Lipinski definition) is 6. The van der Waals surface area contributed by atoms with E-state index in [-0.39, 0.29) is 12.0 Å². The minimum absolute atomic E-state index is 0.0638. The van der Waals surface area contributed by atoms with Crippen LogP contribution in [0, 0.1) is 51.2 Å². The van der Waals surface area contributed by atoms with Crippen molar-refractivity contribution < 1.29 is 18.8 Å². The molecule has 0 amide bonds. The first kappa shape index (κ1) is 36.9. The van der Waals surface area contributed by atoms with Crippen molar-refractivity contribution in [3.63, 3.8) is 0 Å². The summed E-state index contributed by atoms with van der Waals surface area (Å²) in [5.41, 5.74) is 3.10. The van der Waals surface area contributed by atoms with Crippen molar-refractivity contribution in [1.82, 2.24) is 15.2 Å². The summed E-state index contributed by atoms with van der Waals surface area (Å²) >= 11 is 0. The molecule has 1 saturated heterocycles. The number of fused-ring (bicyclic) bond motifs is 7. The van der Waals surface area contributed by atoms with Crippen molar-refractivity contribution in [3.8, 4) is 5.75 Å². The number of allylic oxidation sites excluding steroid dienone is 4. The highest BCUT2D eigenvalue weighted by Gasteiger charge is 2.65. The predicted octanol–water partition coefficient (Wildman–Crippen LogP) is 8.05. The first-order chi connectivity index (χ1) is 24.9. The minimum Gasteiger partial charge on any atom is -0.492 e. The van der Waals surface area contributed by atoms with Gasteiger partial charge in [0.25, 0.3) is 0 Å². The van der Waals surface area contributed by atoms with Gasteiger partial charge in [-0.25, -0.2) is 0 Å². The van der Waals surface area contributed by atoms with Crippen LogP contribution >= 0.6 is 0 Å². The topological polar surface area (TPSA) is 91.8 Å². The highest BCUT2D eigenvalue weighted by atomic mass is 32.2. The number of rotatable bonds is 9. The van der Waals surface area contributed by atoms with E-state index in [1.54, 1.807) is 24.5 Å². The summed E-state index contributed by atoms with van der Waals surface area (Å²) in [4.78, 5) is 19.2. The molecule has 52 heavy (non-hydrogen) atoms. The van der Waals surface area contributed by atoms with Crippen LogP contribution < -0.4 is 10.1 Å². The van der Waals surface area contributed by atoms with Crippen LogP contribution in [0.5, 0.6) is 5.75 Å². The largest absolute Gasteiger partial charge is 0.492 e. The van der Waals surface area contributed by atoms with Gasteiger partial charge in [0.05, 0.1) is 0 Å². The Kier molecular flexibility index (Phi) is 9.88. The maximum Gasteiger partial charge on any atom is 0.313 e. The summed E-state index contributed by atoms with van der Waals surface area (Å²) in [7, 11) is -0.603. The van der Waals surface area contributed by atoms with Crippen LogP contribution in [-0.4, -0.2) is 75.0 Å². The Labute approximate surface area is 315 Å². The van der Waals surface area contributed by atoms with Gasteiger partial charge in [0, 0.05) is 66.4 Å². The number of carbonyl (C=O) groups is 1. The summed E-state index contributed by atoms with van der Waals surface area (Å²) in [6.07, 6.45) is 23.6. The molecule has 1 aliphatic heterocycles. The average Bonchev–Trinajstić information content (AvgIpc) is 3.56. The van der Waals surface area contributed by atoms with Crippen molar-refractivity contribution in [1.29, 1.82) is 0 Å². The molecule has 8 rings (SSSR count). The fourth-order valence-corrected chi connectivity index (χ4v) is 15.3. The molecular formula is C44H65N3O4S. The molecule has 5 fully saturated rings. The molecule has 4 unspecified atom stereocenters. The maximum atomic E-state index is 12.6. The summed E-state index contributed by atoms with van der Waals surface area (Å²) in [5.74, 6) is 5.53. The van der Waals surface area contributed by atoms with E-state index in [4.69, 9.17) is 4.74 Å². The number of ether oxygens (including phenoxy) is 1. The third kappa shape index (κ3) is 6.17. The highest BCUT2D eigenvalue weighted by molar-refractivity contribution is 7.85. The summed E-state index contributed by atoms with van der Waals surface area (Å²) in [6, 6.07) is 3.60. The van der Waals surface area contributed by atoms with Crippen LogP contribution in [0.15, 0.2) is 47.8 Å². The molecule has 0 radical (unpaired) electrons. The fraction of sp³-hybridized carbons (Fsp3) is 0.773. The van der Waals surface area contributed by atoms with Crippen molar-refractivity contribution in [3.05, 3.63) is 47.8 Å². The Morgan fingerprint density at radius 3 is 2.44 bits per heavy atom. The van der Waals surface area contributed by atoms with Gasteiger partial charge in [-0.1, -0.05) is 46.3 Å². The van der Waals surface area contributed by atoms with Gasteiger partial charge < -0.3 is 20.1 Å². The third-order valence-corrected chi connectivity index (χ3v) is 18.1. The van der Waals surface area contributed by atoms with Gasteiger partial charge in [-0.15, -0.1) is 0 Å². The molecule has 0 bridgehead atoms. The molecule has 2 heterocycles. The molecule has 286 valence electrons. The van der Waals surface area contributed by atoms with Gasteiger partial charge >= 0.3 is 5.97 Å². The lowest BCUT2D eigenvalue weighted by Crippen LogP contribution is -2.64. The number of carboxylic acids is 1. The Hall–Kier alpha value is -2.03. The summed E-state index contributed by atoms with van der Waals surface area (Å²) in [5, 5.41) is 14.6. The lowest BCUT2D eigenvalue weighted by atomic mass is 9.37. The predicted molar refractivity (Wildman–Crippen MR) is 208 cm³/mol. The zero-order valence-electron chi connectivity index (χ0n) is 32.5. The van der Waals surface area contributed by atoms with Gasteiger partial charge in [-0.3, -0.25) is 14.0 Å². The van der Waals surface area contributed by atoms with Gasteiger partial charge in [-0.2, -0.15) is 0 Å². The van der Waals surface area contributed by atoms with Crippen molar-refractivity contribution >= 4 is 16.8 Å². The SMILES string of the molecule is CC1(C)C(C2=CCC(COc3ccncc3)(C(=O)O)CC2)=CC[C@@]2(C)C1CC[C@@]1(C)C3CC[C@@]4(NCCN5CCS(=O)CC5)CCC[C@@H]4[C@H]3CCC12. The minimum atomic E-state index is -0.895. The van der Waals surface area contributed by atoms with Crippen LogP contribution in [0.1, 0.15) is 111 Å². The number of nitrogens with zero attached hydrogens (tertiary/aromatic N) is 2. The maximum absolute atomic E-state index is 12.6. The molecule has 8 heteroatoms. The van der Waals surface area contributed by atoms with E-state index < -0.39 is 22.2 Å². The molecule has 4 saturated carbocycles. The average molecular weight is 732 g/mol. The number of pyridine rings is 1. The quantitative estimate of drug-likeness (QED) is 0.266. The summed E-state index contributed by atoms with van der Waals surface area (Å²) < 4.78 is 17.9. The molecule has 6 aliphatic carbocycles. The second-order valence-electron chi connectivity index (χ2n) is 19.3. The fourth-order valence-electron chi connectivity index (χ4n) is 14.2. The monoisotopic (exact) mass is 731 g/mol. The molecule has 7 nitrogen and oxygen atoms in total. The van der Waals surface area contributed by atoms with E-state index in [0.717, 1.165) is 74.2 Å². The van der Waals surface area contributed by atoms with Gasteiger partial charge in [0.15, 0.2) is 0 Å². The number of aliphatic carboxylic acids is 1. The van der Waals surface area contributed by atoms with Crippen LogP contribution in [-0.2, 0) is 15.6 Å². The Bertz CT molecular complexity index is 1580. The molecule has 2 N–H and O–H groups in total. The van der Waals surface area contributed by atoms with E-state index in [1.807, 2.05) is 0 Å². The Balaban J connectivity index is 0.962. The van der Waals surface area contributed by atoms with E-state index in [9.17, 15) is 14.1 Å². The third-order valence-electron chi connectivity index (χ3n) is 16.8. The van der Waals surface area contributed by atoms with E-state index in [1.165, 1.54) is 68.9 Å². The smallest absolute Gasteiger partial charge is 0.313 e. The summed E-state index contributed by atoms with van der Waals surface area (Å²) in [6.45, 7) is 14.8. The highest BCUT2D eigenvalue weighted by Crippen LogP contribution is 2.72. The molecule has 7 aliphatic rings. The van der Waals surface area contributed by atoms with Crippen LogP contribution in [0.4, 0.5) is 0 Å². The van der Waals surface area contributed by atoms with Crippen molar-refractivity contribution in [2.75, 3.05) is 44.3 Å². The number of hydrogen-bond donors (Lipinski definition) is 2. The second kappa shape index (κ2) is 13.9. The van der Waals surface area contributed by atoms with Gasteiger partial charge in [0.1, 0.15) is 17.8 Å². The van der Waals surface area contributed by atoms with Crippen LogP contribution in [0.25, 0.3) is 0 Å². The number of carboxylic acid groups (broad SMARTS) is 1. The van der Waals surface area contributed by atoms with E-state index in [2.05, 4.69) is 55.0 Å². The first-order valence-electron chi connectivity index (χ1n) is 20.9. The zero-order chi connectivity index (χ0) is 36.4. The lowest BCUT2D eigenvalue weighted by molar-refractivity contribution is -0.175. The van der Waals surface area contributed by atoms with Crippen LogP contribution in [0.2, 0.25) is 0 Å². The molecule has 0 aromatic carbocycles. The molecule has 1 aromatic rings. The first-order valence-corrected chi connectivity index (χ1v) is 22.4. The van der Waals surface area contributed by atoms with Crippen molar-refractivity contribution in [2.45, 2.75) is 117 Å². The number of aromatic nitrogens is 1. The van der Waals surface area contributed by atoms with Gasteiger partial charge in [0.2, 0.25) is 0 Å². The standard InChI is InChI=1S/C44H65N3O4S/c1-40(2)34(31-9-19-43(20-10-31,39(48)49)30-51-32-14-22-45-23-15-32)11-17-42(4)37(40)13-18-41(3)35-12-21-44(46-24-25-47-26-28-52(50)29-27-47)16-5-6-36(44)33(35)7-8-38(41)42/h9,11,14-15,22-23,33,35-38,46H,5-8,10,12-13,16-21,24-30H2,1-4H3,(H,48,49)/t33-,35?,36+,37?,38?,41-,42-,43?,44-/m0/s1. The molecular weight excluding hydrogens is 667 g/mol. The van der Waals surface area contributed by atoms with E-state index in [0.29, 0.717) is 40.9 Å². The van der Waals surface area contributed by atoms with Crippen LogP contribution in [0.3, 0.4) is 0 Å².